The van der Waals surface area contributed by atoms with Crippen LogP contribution in [-0.4, -0.2) is 30.6 Å². The van der Waals surface area contributed by atoms with Crippen LogP contribution in [0.1, 0.15) is 54.1 Å². The van der Waals surface area contributed by atoms with Crippen LogP contribution in [0.3, 0.4) is 0 Å². The fourth-order valence-electron chi connectivity index (χ4n) is 5.25. The number of carbonyl (C=O) groups excluding carboxylic acids is 2. The Morgan fingerprint density at radius 3 is 2.27 bits per heavy atom. The highest BCUT2D eigenvalue weighted by Gasteiger charge is 2.48. The van der Waals surface area contributed by atoms with E-state index in [9.17, 15) is 9.59 Å². The van der Waals surface area contributed by atoms with E-state index < -0.39 is 0 Å². The quantitative estimate of drug-likeness (QED) is 0.715. The summed E-state index contributed by atoms with van der Waals surface area (Å²) in [5.41, 5.74) is 6.02. The standard InChI is InChI=1S/C26H25NO3/c1-26(2)13-19-22(20(28)14-26)21(15-9-11-16(30-4)12-10-15)23-24(27(19)3)17-7-5-6-8-18(17)25(23)29/h5-12,21H,13-14H2,1-4H3. The summed E-state index contributed by atoms with van der Waals surface area (Å²) in [7, 11) is 3.63. The Balaban J connectivity index is 1.77. The molecule has 1 atom stereocenters. The lowest BCUT2D eigenvalue weighted by molar-refractivity contribution is -0.118. The van der Waals surface area contributed by atoms with Crippen LogP contribution in [0, 0.1) is 5.41 Å². The zero-order valence-corrected chi connectivity index (χ0v) is 17.8. The molecule has 2 aliphatic carbocycles. The lowest BCUT2D eigenvalue weighted by Gasteiger charge is -2.43. The molecule has 30 heavy (non-hydrogen) atoms. The minimum absolute atomic E-state index is 0.0254. The SMILES string of the molecule is COc1ccc(C2C3=C(CC(C)(C)CC3=O)N(C)C3=C2C(=O)c2ccccc23)cc1. The summed E-state index contributed by atoms with van der Waals surface area (Å²) in [5, 5.41) is 0. The highest BCUT2D eigenvalue weighted by atomic mass is 16.5. The lowest BCUT2D eigenvalue weighted by Crippen LogP contribution is -2.37. The summed E-state index contributed by atoms with van der Waals surface area (Å²) in [6.07, 6.45) is 1.31. The molecule has 1 heterocycles. The molecule has 1 unspecified atom stereocenters. The Bertz CT molecular complexity index is 1150. The van der Waals surface area contributed by atoms with Crippen molar-refractivity contribution in [2.75, 3.05) is 14.2 Å². The maximum absolute atomic E-state index is 13.5. The summed E-state index contributed by atoms with van der Waals surface area (Å²) in [6.45, 7) is 4.28. The number of rotatable bonds is 2. The summed E-state index contributed by atoms with van der Waals surface area (Å²) in [4.78, 5) is 29.1. The zero-order chi connectivity index (χ0) is 21.2. The molecule has 152 valence electrons. The van der Waals surface area contributed by atoms with Crippen LogP contribution < -0.4 is 4.74 Å². The van der Waals surface area contributed by atoms with Crippen LogP contribution in [0.15, 0.2) is 65.4 Å². The molecular weight excluding hydrogens is 374 g/mol. The minimum atomic E-state index is -0.347. The fourth-order valence-corrected chi connectivity index (χ4v) is 5.25. The van der Waals surface area contributed by atoms with Gasteiger partial charge in [0.15, 0.2) is 11.6 Å². The first kappa shape index (κ1) is 18.9. The number of hydrogen-bond acceptors (Lipinski definition) is 4. The molecule has 0 amide bonds. The third kappa shape index (κ3) is 2.59. The van der Waals surface area contributed by atoms with Gasteiger partial charge in [-0.05, 0) is 29.5 Å². The number of methoxy groups -OCH3 is 1. The Kier molecular flexibility index (Phi) is 4.04. The van der Waals surface area contributed by atoms with E-state index in [0.29, 0.717) is 6.42 Å². The summed E-state index contributed by atoms with van der Waals surface area (Å²) < 4.78 is 5.32. The molecule has 0 N–H and O–H groups in total. The predicted molar refractivity (Wildman–Crippen MR) is 116 cm³/mol. The first-order valence-corrected chi connectivity index (χ1v) is 10.3. The van der Waals surface area contributed by atoms with Crippen molar-refractivity contribution in [1.82, 2.24) is 4.90 Å². The van der Waals surface area contributed by atoms with E-state index in [1.54, 1.807) is 7.11 Å². The van der Waals surface area contributed by atoms with E-state index in [4.69, 9.17) is 4.74 Å². The van der Waals surface area contributed by atoms with Gasteiger partial charge >= 0.3 is 0 Å². The molecule has 0 aromatic heterocycles. The molecule has 0 radical (unpaired) electrons. The molecule has 0 spiro atoms. The molecule has 5 rings (SSSR count). The van der Waals surface area contributed by atoms with Crippen molar-refractivity contribution < 1.29 is 14.3 Å². The third-order valence-electron chi connectivity index (χ3n) is 6.59. The number of ether oxygens (including phenoxy) is 1. The highest BCUT2D eigenvalue weighted by molar-refractivity contribution is 6.23. The number of ketones is 2. The van der Waals surface area contributed by atoms with Crippen LogP contribution in [0.4, 0.5) is 0 Å². The second kappa shape index (κ2) is 6.43. The van der Waals surface area contributed by atoms with Crippen molar-refractivity contribution in [2.24, 2.45) is 5.41 Å². The fraction of sp³-hybridized carbons (Fsp3) is 0.308. The minimum Gasteiger partial charge on any atom is -0.497 e. The summed E-state index contributed by atoms with van der Waals surface area (Å²) in [5.74, 6) is 0.578. The predicted octanol–water partition coefficient (Wildman–Crippen LogP) is 4.98. The van der Waals surface area contributed by atoms with Crippen molar-refractivity contribution in [3.05, 3.63) is 82.1 Å². The zero-order valence-electron chi connectivity index (χ0n) is 17.8. The van der Waals surface area contributed by atoms with Crippen LogP contribution >= 0.6 is 0 Å². The number of Topliss-reactive ketones (excluding diaryl/α,β-unsaturated/α-hetero) is 2. The third-order valence-corrected chi connectivity index (χ3v) is 6.59. The molecule has 3 aliphatic rings. The number of benzene rings is 2. The van der Waals surface area contributed by atoms with E-state index in [0.717, 1.165) is 51.4 Å². The topological polar surface area (TPSA) is 46.6 Å². The second-order valence-electron chi connectivity index (χ2n) is 9.20. The number of fused-ring (bicyclic) bond motifs is 2. The number of hydrogen-bond donors (Lipinski definition) is 0. The monoisotopic (exact) mass is 399 g/mol. The van der Waals surface area contributed by atoms with Gasteiger partial charge < -0.3 is 9.64 Å². The Morgan fingerprint density at radius 1 is 0.933 bits per heavy atom. The van der Waals surface area contributed by atoms with Crippen LogP contribution in [-0.2, 0) is 4.79 Å². The lowest BCUT2D eigenvalue weighted by atomic mass is 9.68. The normalized spacial score (nSPS) is 22.1. The number of carbonyl (C=O) groups is 2. The van der Waals surface area contributed by atoms with Gasteiger partial charge in [-0.1, -0.05) is 50.2 Å². The summed E-state index contributed by atoms with van der Waals surface area (Å²) in [6, 6.07) is 15.5. The van der Waals surface area contributed by atoms with Gasteiger partial charge in [-0.2, -0.15) is 0 Å². The van der Waals surface area contributed by atoms with E-state index in [-0.39, 0.29) is 22.9 Å². The van der Waals surface area contributed by atoms with Crippen molar-refractivity contribution in [2.45, 2.75) is 32.6 Å². The molecular formula is C26H25NO3. The Hall–Kier alpha value is -3.14. The molecule has 0 saturated carbocycles. The average molecular weight is 399 g/mol. The van der Waals surface area contributed by atoms with Crippen molar-refractivity contribution in [3.63, 3.8) is 0 Å². The van der Waals surface area contributed by atoms with Gasteiger partial charge in [0.2, 0.25) is 0 Å². The first-order valence-electron chi connectivity index (χ1n) is 10.3. The molecule has 4 heteroatoms. The van der Waals surface area contributed by atoms with E-state index in [2.05, 4.69) is 18.7 Å². The average Bonchev–Trinajstić information content (AvgIpc) is 3.02. The molecule has 0 fully saturated rings. The smallest absolute Gasteiger partial charge is 0.192 e. The molecule has 2 aromatic carbocycles. The second-order valence-corrected chi connectivity index (χ2v) is 9.20. The van der Waals surface area contributed by atoms with Gasteiger partial charge in [-0.3, -0.25) is 9.59 Å². The van der Waals surface area contributed by atoms with Crippen LogP contribution in [0.5, 0.6) is 5.75 Å². The molecule has 4 nitrogen and oxygen atoms in total. The number of nitrogens with zero attached hydrogens (tertiary/aromatic N) is 1. The van der Waals surface area contributed by atoms with E-state index in [1.807, 2.05) is 55.6 Å². The van der Waals surface area contributed by atoms with Crippen LogP contribution in [0.2, 0.25) is 0 Å². The molecule has 0 saturated heterocycles. The maximum atomic E-state index is 13.5. The van der Waals surface area contributed by atoms with Gasteiger partial charge in [-0.25, -0.2) is 0 Å². The van der Waals surface area contributed by atoms with Crippen LogP contribution in [0.25, 0.3) is 5.70 Å². The highest BCUT2D eigenvalue weighted by Crippen LogP contribution is 2.54. The Morgan fingerprint density at radius 2 is 1.60 bits per heavy atom. The van der Waals surface area contributed by atoms with Gasteiger partial charge in [0.1, 0.15) is 5.75 Å². The molecule has 0 bridgehead atoms. The summed E-state index contributed by atoms with van der Waals surface area (Å²) >= 11 is 0. The van der Waals surface area contributed by atoms with Gasteiger partial charge in [0.05, 0.1) is 12.8 Å². The van der Waals surface area contributed by atoms with Crippen molar-refractivity contribution >= 4 is 17.3 Å². The largest absolute Gasteiger partial charge is 0.497 e. The molecule has 2 aromatic rings. The molecule has 1 aliphatic heterocycles. The maximum Gasteiger partial charge on any atom is 0.192 e. The van der Waals surface area contributed by atoms with Gasteiger partial charge in [0, 0.05) is 47.4 Å². The van der Waals surface area contributed by atoms with Crippen molar-refractivity contribution in [1.29, 1.82) is 0 Å². The van der Waals surface area contributed by atoms with E-state index >= 15 is 0 Å². The van der Waals surface area contributed by atoms with E-state index in [1.165, 1.54) is 0 Å². The first-order chi connectivity index (χ1) is 14.3. The van der Waals surface area contributed by atoms with Crippen molar-refractivity contribution in [3.8, 4) is 5.75 Å². The van der Waals surface area contributed by atoms with Gasteiger partial charge in [-0.15, -0.1) is 0 Å². The van der Waals surface area contributed by atoms with Gasteiger partial charge in [0.25, 0.3) is 0 Å². The Labute approximate surface area is 176 Å². The number of allylic oxidation sites excluding steroid dienone is 3.